The number of benzene rings is 1. The Morgan fingerprint density at radius 1 is 1.33 bits per heavy atom. The Morgan fingerprint density at radius 2 is 2.11 bits per heavy atom. The third kappa shape index (κ3) is 3.14. The molecule has 2 aromatic rings. The molecule has 0 radical (unpaired) electrons. The van der Waals surface area contributed by atoms with Crippen LogP contribution >= 0.6 is 27.3 Å². The smallest absolute Gasteiger partial charge is 0.126 e. The van der Waals surface area contributed by atoms with E-state index in [4.69, 9.17) is 5.84 Å². The Bertz CT molecular complexity index is 545. The first-order valence-corrected chi connectivity index (χ1v) is 6.91. The maximum Gasteiger partial charge on any atom is 0.126 e. The largest absolute Gasteiger partial charge is 0.271 e. The Balaban J connectivity index is 2.22. The fourth-order valence-corrected chi connectivity index (χ4v) is 2.93. The van der Waals surface area contributed by atoms with Crippen LogP contribution in [-0.4, -0.2) is 0 Å². The zero-order valence-electron chi connectivity index (χ0n) is 9.29. The number of halogens is 3. The number of hydrogen-bond acceptors (Lipinski definition) is 3. The molecule has 2 rings (SSSR count). The third-order valence-electron chi connectivity index (χ3n) is 2.62. The fourth-order valence-electron chi connectivity index (χ4n) is 1.70. The molecule has 0 aliphatic carbocycles. The molecule has 0 aliphatic heterocycles. The molecule has 0 saturated heterocycles. The summed E-state index contributed by atoms with van der Waals surface area (Å²) < 4.78 is 27.6. The summed E-state index contributed by atoms with van der Waals surface area (Å²) in [7, 11) is 0. The number of rotatable bonds is 4. The minimum atomic E-state index is -0.450. The molecule has 6 heteroatoms. The lowest BCUT2D eigenvalue weighted by Crippen LogP contribution is -2.29. The summed E-state index contributed by atoms with van der Waals surface area (Å²) in [5.74, 6) is 4.60. The average molecular weight is 333 g/mol. The molecule has 0 saturated carbocycles. The lowest BCUT2D eigenvalue weighted by Gasteiger charge is -2.15. The first-order valence-electron chi connectivity index (χ1n) is 5.24. The molecule has 1 atom stereocenters. The topological polar surface area (TPSA) is 38.0 Å². The van der Waals surface area contributed by atoms with E-state index in [-0.39, 0.29) is 6.04 Å². The molecule has 2 nitrogen and oxygen atoms in total. The molecule has 0 amide bonds. The van der Waals surface area contributed by atoms with E-state index in [0.29, 0.717) is 12.0 Å². The predicted molar refractivity (Wildman–Crippen MR) is 72.1 cm³/mol. The Hall–Kier alpha value is -0.820. The van der Waals surface area contributed by atoms with Crippen molar-refractivity contribution in [3.05, 3.63) is 56.2 Å². The molecular formula is C12H11BrF2N2S. The molecule has 1 aromatic carbocycles. The molecule has 18 heavy (non-hydrogen) atoms. The van der Waals surface area contributed by atoms with Gasteiger partial charge in [-0.3, -0.25) is 11.3 Å². The van der Waals surface area contributed by atoms with Crippen LogP contribution in [0.4, 0.5) is 8.78 Å². The summed E-state index contributed by atoms with van der Waals surface area (Å²) in [5.41, 5.74) is 3.87. The first-order chi connectivity index (χ1) is 8.60. The van der Waals surface area contributed by atoms with Gasteiger partial charge < -0.3 is 0 Å². The van der Waals surface area contributed by atoms with E-state index >= 15 is 0 Å². The van der Waals surface area contributed by atoms with Gasteiger partial charge in [-0.15, -0.1) is 11.3 Å². The lowest BCUT2D eigenvalue weighted by atomic mass is 10.0. The van der Waals surface area contributed by atoms with Gasteiger partial charge in [0.1, 0.15) is 11.6 Å². The van der Waals surface area contributed by atoms with E-state index in [2.05, 4.69) is 21.4 Å². The monoisotopic (exact) mass is 332 g/mol. The van der Waals surface area contributed by atoms with Crippen LogP contribution in [0, 0.1) is 11.6 Å². The molecule has 0 spiro atoms. The highest BCUT2D eigenvalue weighted by Gasteiger charge is 2.15. The molecule has 1 unspecified atom stereocenters. The Kier molecular flexibility index (Phi) is 4.45. The van der Waals surface area contributed by atoms with Gasteiger partial charge in [-0.05, 0) is 63.1 Å². The van der Waals surface area contributed by atoms with Crippen molar-refractivity contribution in [2.24, 2.45) is 5.84 Å². The molecule has 96 valence electrons. The van der Waals surface area contributed by atoms with Crippen molar-refractivity contribution >= 4 is 27.3 Å². The van der Waals surface area contributed by atoms with Gasteiger partial charge in [0, 0.05) is 0 Å². The van der Waals surface area contributed by atoms with Crippen LogP contribution in [0.5, 0.6) is 0 Å². The van der Waals surface area contributed by atoms with Gasteiger partial charge in [-0.25, -0.2) is 8.78 Å². The summed E-state index contributed by atoms with van der Waals surface area (Å²) in [6.45, 7) is 0. The van der Waals surface area contributed by atoms with Crippen molar-refractivity contribution in [3.63, 3.8) is 0 Å². The van der Waals surface area contributed by atoms with Gasteiger partial charge in [-0.2, -0.15) is 0 Å². The van der Waals surface area contributed by atoms with E-state index in [1.165, 1.54) is 17.4 Å². The first kappa shape index (κ1) is 13.6. The van der Waals surface area contributed by atoms with E-state index in [9.17, 15) is 8.78 Å². The van der Waals surface area contributed by atoms with Crippen molar-refractivity contribution in [1.29, 1.82) is 0 Å². The SMILES string of the molecule is NNC(Cc1cc(F)ccc1F)c1csc(Br)c1. The maximum absolute atomic E-state index is 13.5. The Morgan fingerprint density at radius 3 is 2.72 bits per heavy atom. The van der Waals surface area contributed by atoms with E-state index in [0.717, 1.165) is 21.5 Å². The van der Waals surface area contributed by atoms with Gasteiger partial charge in [0.05, 0.1) is 9.83 Å². The second-order valence-corrected chi connectivity index (χ2v) is 6.13. The normalized spacial score (nSPS) is 12.7. The molecule has 0 fully saturated rings. The third-order valence-corrected chi connectivity index (χ3v) is 4.15. The van der Waals surface area contributed by atoms with E-state index in [1.807, 2.05) is 11.4 Å². The van der Waals surface area contributed by atoms with Gasteiger partial charge in [0.2, 0.25) is 0 Å². The van der Waals surface area contributed by atoms with Crippen LogP contribution in [0.3, 0.4) is 0 Å². The minimum absolute atomic E-state index is 0.246. The second-order valence-electron chi connectivity index (χ2n) is 3.84. The van der Waals surface area contributed by atoms with Gasteiger partial charge in [0.15, 0.2) is 0 Å². The summed E-state index contributed by atoms with van der Waals surface area (Å²) >= 11 is 4.88. The molecule has 3 N–H and O–H groups in total. The summed E-state index contributed by atoms with van der Waals surface area (Å²) in [6, 6.07) is 5.09. The van der Waals surface area contributed by atoms with Crippen LogP contribution in [0.25, 0.3) is 0 Å². The number of hydrazine groups is 1. The van der Waals surface area contributed by atoms with Crippen molar-refractivity contribution in [2.75, 3.05) is 0 Å². The van der Waals surface area contributed by atoms with Crippen LogP contribution in [0.1, 0.15) is 17.2 Å². The standard InChI is InChI=1S/C12H11BrF2N2S/c13-12-5-8(6-18-12)11(17-16)4-7-3-9(14)1-2-10(7)15/h1-3,5-6,11,17H,4,16H2. The van der Waals surface area contributed by atoms with E-state index in [1.54, 1.807) is 0 Å². The minimum Gasteiger partial charge on any atom is -0.271 e. The van der Waals surface area contributed by atoms with Crippen molar-refractivity contribution in [1.82, 2.24) is 5.43 Å². The number of hydrogen-bond donors (Lipinski definition) is 2. The van der Waals surface area contributed by atoms with E-state index < -0.39 is 11.6 Å². The molecule has 0 bridgehead atoms. The van der Waals surface area contributed by atoms with Crippen LogP contribution in [0.2, 0.25) is 0 Å². The highest BCUT2D eigenvalue weighted by Crippen LogP contribution is 2.27. The molecule has 1 aromatic heterocycles. The van der Waals surface area contributed by atoms with Gasteiger partial charge in [0.25, 0.3) is 0 Å². The van der Waals surface area contributed by atoms with Crippen LogP contribution in [0.15, 0.2) is 33.4 Å². The summed E-state index contributed by atoms with van der Waals surface area (Å²) in [5, 5.41) is 1.92. The second kappa shape index (κ2) is 5.88. The highest BCUT2D eigenvalue weighted by atomic mass is 79.9. The fraction of sp³-hybridized carbons (Fsp3) is 0.167. The van der Waals surface area contributed by atoms with Gasteiger partial charge >= 0.3 is 0 Å². The Labute approximate surface area is 116 Å². The summed E-state index contributed by atoms with van der Waals surface area (Å²) in [6.07, 6.45) is 0.295. The number of nitrogens with one attached hydrogen (secondary N) is 1. The predicted octanol–water partition coefficient (Wildman–Crippen LogP) is 3.54. The zero-order chi connectivity index (χ0) is 13.1. The molecule has 1 heterocycles. The van der Waals surface area contributed by atoms with Crippen LogP contribution in [-0.2, 0) is 6.42 Å². The quantitative estimate of drug-likeness (QED) is 0.663. The number of nitrogens with two attached hydrogens (primary N) is 1. The van der Waals surface area contributed by atoms with Crippen molar-refractivity contribution < 1.29 is 8.78 Å². The summed E-state index contributed by atoms with van der Waals surface area (Å²) in [4.78, 5) is 0. The maximum atomic E-state index is 13.5. The molecular weight excluding hydrogens is 322 g/mol. The lowest BCUT2D eigenvalue weighted by molar-refractivity contribution is 0.524. The van der Waals surface area contributed by atoms with Crippen molar-refractivity contribution in [3.8, 4) is 0 Å². The average Bonchev–Trinajstić information content (AvgIpc) is 2.77. The van der Waals surface area contributed by atoms with Crippen LogP contribution < -0.4 is 11.3 Å². The molecule has 0 aliphatic rings. The van der Waals surface area contributed by atoms with Crippen molar-refractivity contribution in [2.45, 2.75) is 12.5 Å². The van der Waals surface area contributed by atoms with Gasteiger partial charge in [-0.1, -0.05) is 0 Å². The highest BCUT2D eigenvalue weighted by molar-refractivity contribution is 9.11. The zero-order valence-corrected chi connectivity index (χ0v) is 11.7. The number of thiophene rings is 1.